The summed E-state index contributed by atoms with van der Waals surface area (Å²) >= 11 is 1.85. The molecule has 3 aromatic rings. The Kier molecular flexibility index (Phi) is 5.47. The van der Waals surface area contributed by atoms with Crippen molar-refractivity contribution >= 4 is 27.3 Å². The third kappa shape index (κ3) is 4.18. The number of fused-ring (bicyclic) bond motifs is 1. The van der Waals surface area contributed by atoms with Gasteiger partial charge in [0.2, 0.25) is 0 Å². The second-order valence-corrected chi connectivity index (χ2v) is 8.01. The van der Waals surface area contributed by atoms with Crippen LogP contribution in [0.1, 0.15) is 34.2 Å². The fourth-order valence-electron chi connectivity index (χ4n) is 3.55. The highest BCUT2D eigenvalue weighted by atomic mass is 32.1. The Hall–Kier alpha value is -2.29. The van der Waals surface area contributed by atoms with E-state index in [4.69, 9.17) is 5.11 Å². The van der Waals surface area contributed by atoms with E-state index in [9.17, 15) is 4.79 Å². The molecule has 8 heteroatoms. The topological polar surface area (TPSA) is 83.3 Å². The maximum atomic E-state index is 11.9. The number of hydrogen-bond acceptors (Lipinski definition) is 6. The number of aromatic nitrogens is 3. The van der Waals surface area contributed by atoms with Crippen LogP contribution in [0.3, 0.4) is 0 Å². The zero-order valence-corrected chi connectivity index (χ0v) is 15.9. The highest BCUT2D eigenvalue weighted by Crippen LogP contribution is 2.28. The van der Waals surface area contributed by atoms with E-state index in [-0.39, 0.29) is 25.1 Å². The average molecular weight is 385 g/mol. The number of amides is 1. The number of nitrogens with zero attached hydrogens (tertiary/aromatic N) is 4. The van der Waals surface area contributed by atoms with Crippen LogP contribution in [0.15, 0.2) is 36.5 Å². The van der Waals surface area contributed by atoms with Gasteiger partial charge in [-0.1, -0.05) is 23.4 Å². The van der Waals surface area contributed by atoms with Gasteiger partial charge in [-0.15, -0.1) is 16.4 Å². The van der Waals surface area contributed by atoms with Crippen molar-refractivity contribution in [2.45, 2.75) is 25.4 Å². The van der Waals surface area contributed by atoms with Crippen LogP contribution in [0.25, 0.3) is 10.1 Å². The fourth-order valence-corrected chi connectivity index (χ4v) is 4.65. The summed E-state index contributed by atoms with van der Waals surface area (Å²) in [6.07, 6.45) is 3.84. The van der Waals surface area contributed by atoms with E-state index >= 15 is 0 Å². The molecule has 1 aliphatic rings. The van der Waals surface area contributed by atoms with Gasteiger partial charge in [0.05, 0.1) is 18.8 Å². The van der Waals surface area contributed by atoms with Crippen molar-refractivity contribution in [1.82, 2.24) is 25.2 Å². The molecule has 7 nitrogen and oxygen atoms in total. The Labute approximate surface area is 161 Å². The molecule has 0 radical (unpaired) electrons. The lowest BCUT2D eigenvalue weighted by Crippen LogP contribution is -2.36. The van der Waals surface area contributed by atoms with Gasteiger partial charge in [0, 0.05) is 29.2 Å². The summed E-state index contributed by atoms with van der Waals surface area (Å²) in [6, 6.07) is 11.0. The lowest BCUT2D eigenvalue weighted by atomic mass is 10.1. The molecule has 0 bridgehead atoms. The Morgan fingerprint density at radius 2 is 2.26 bits per heavy atom. The molecule has 142 valence electrons. The van der Waals surface area contributed by atoms with E-state index in [0.717, 1.165) is 32.5 Å². The molecule has 1 amide bonds. The summed E-state index contributed by atoms with van der Waals surface area (Å²) in [6.45, 7) is 3.04. The first-order valence-electron chi connectivity index (χ1n) is 9.23. The second kappa shape index (κ2) is 8.16. The molecule has 1 saturated heterocycles. The number of thiophene rings is 1. The first-order valence-corrected chi connectivity index (χ1v) is 10.1. The second-order valence-electron chi connectivity index (χ2n) is 6.85. The molecule has 0 spiro atoms. The number of aliphatic hydroxyl groups excluding tert-OH is 1. The number of carbonyl (C=O) groups is 1. The number of carbonyl (C=O) groups excluding carboxylic acids is 1. The van der Waals surface area contributed by atoms with Gasteiger partial charge in [-0.3, -0.25) is 9.69 Å². The van der Waals surface area contributed by atoms with Crippen LogP contribution in [0, 0.1) is 0 Å². The standard InChI is InChI=1S/C19H23N5O2S/c25-9-7-20-19(26)17-13-24(22-21-17)15-5-3-8-23(11-15)12-16-10-14-4-1-2-6-18(14)27-16/h1-2,4,6,10,13,15,25H,3,5,7-9,11-12H2,(H,20,26)/t15-/m1/s1. The first-order chi connectivity index (χ1) is 13.2. The van der Waals surface area contributed by atoms with Crippen molar-refractivity contribution in [2.24, 2.45) is 0 Å². The maximum Gasteiger partial charge on any atom is 0.273 e. The predicted octanol–water partition coefficient (Wildman–Crippen LogP) is 2.05. The van der Waals surface area contributed by atoms with Gasteiger partial charge < -0.3 is 10.4 Å². The molecule has 2 N–H and O–H groups in total. The van der Waals surface area contributed by atoms with E-state index in [0.29, 0.717) is 5.69 Å². The summed E-state index contributed by atoms with van der Waals surface area (Å²) in [7, 11) is 0. The molecule has 2 aromatic heterocycles. The number of piperidine rings is 1. The zero-order chi connectivity index (χ0) is 18.6. The highest BCUT2D eigenvalue weighted by molar-refractivity contribution is 7.19. The molecular formula is C19H23N5O2S. The van der Waals surface area contributed by atoms with Gasteiger partial charge in [-0.05, 0) is 36.9 Å². The van der Waals surface area contributed by atoms with E-state index in [1.807, 2.05) is 16.0 Å². The van der Waals surface area contributed by atoms with Gasteiger partial charge in [-0.25, -0.2) is 4.68 Å². The van der Waals surface area contributed by atoms with Gasteiger partial charge in [0.15, 0.2) is 5.69 Å². The van der Waals surface area contributed by atoms with Crippen LogP contribution in [-0.2, 0) is 6.54 Å². The minimum atomic E-state index is -0.298. The average Bonchev–Trinajstić information content (AvgIpc) is 3.33. The molecule has 0 saturated carbocycles. The third-order valence-electron chi connectivity index (χ3n) is 4.85. The van der Waals surface area contributed by atoms with Crippen molar-refractivity contribution in [3.05, 3.63) is 47.1 Å². The first kappa shape index (κ1) is 18.1. The van der Waals surface area contributed by atoms with E-state index < -0.39 is 0 Å². The number of aliphatic hydroxyl groups is 1. The molecule has 1 aromatic carbocycles. The van der Waals surface area contributed by atoms with Crippen LogP contribution in [0.4, 0.5) is 0 Å². The smallest absolute Gasteiger partial charge is 0.273 e. The van der Waals surface area contributed by atoms with Gasteiger partial charge in [0.25, 0.3) is 5.91 Å². The number of hydrogen-bond donors (Lipinski definition) is 2. The van der Waals surface area contributed by atoms with Crippen molar-refractivity contribution in [1.29, 1.82) is 0 Å². The van der Waals surface area contributed by atoms with Crippen LogP contribution in [-0.4, -0.2) is 57.1 Å². The Bertz CT molecular complexity index is 889. The van der Waals surface area contributed by atoms with Crippen molar-refractivity contribution in [2.75, 3.05) is 26.2 Å². The summed E-state index contributed by atoms with van der Waals surface area (Å²) in [4.78, 5) is 15.8. The van der Waals surface area contributed by atoms with Gasteiger partial charge >= 0.3 is 0 Å². The fraction of sp³-hybridized carbons (Fsp3) is 0.421. The summed E-state index contributed by atoms with van der Waals surface area (Å²) in [5.74, 6) is -0.298. The molecule has 1 aliphatic heterocycles. The van der Waals surface area contributed by atoms with E-state index in [2.05, 4.69) is 50.9 Å². The molecule has 1 atom stereocenters. The number of likely N-dealkylation sites (tertiary alicyclic amines) is 1. The van der Waals surface area contributed by atoms with E-state index in [1.54, 1.807) is 6.20 Å². The van der Waals surface area contributed by atoms with Crippen molar-refractivity contribution in [3.8, 4) is 0 Å². The molecule has 1 fully saturated rings. The molecular weight excluding hydrogens is 362 g/mol. The highest BCUT2D eigenvalue weighted by Gasteiger charge is 2.24. The lowest BCUT2D eigenvalue weighted by molar-refractivity contribution is 0.0939. The zero-order valence-electron chi connectivity index (χ0n) is 15.0. The van der Waals surface area contributed by atoms with Crippen LogP contribution in [0.5, 0.6) is 0 Å². The molecule has 4 rings (SSSR count). The third-order valence-corrected chi connectivity index (χ3v) is 5.95. The normalized spacial score (nSPS) is 18.0. The lowest BCUT2D eigenvalue weighted by Gasteiger charge is -2.32. The SMILES string of the molecule is O=C(NCCO)c1cn([C@@H]2CCCN(Cc3cc4ccccc4s3)C2)nn1. The quantitative estimate of drug-likeness (QED) is 0.679. The number of benzene rings is 1. The maximum absolute atomic E-state index is 11.9. The van der Waals surface area contributed by atoms with Crippen LogP contribution < -0.4 is 5.32 Å². The molecule has 27 heavy (non-hydrogen) atoms. The molecule has 0 aliphatic carbocycles. The number of nitrogens with one attached hydrogen (secondary N) is 1. The van der Waals surface area contributed by atoms with Gasteiger partial charge in [-0.2, -0.15) is 0 Å². The van der Waals surface area contributed by atoms with Gasteiger partial charge in [0.1, 0.15) is 0 Å². The Balaban J connectivity index is 1.40. The Morgan fingerprint density at radius 1 is 1.37 bits per heavy atom. The van der Waals surface area contributed by atoms with Crippen LogP contribution >= 0.6 is 11.3 Å². The predicted molar refractivity (Wildman–Crippen MR) is 105 cm³/mol. The molecule has 3 heterocycles. The van der Waals surface area contributed by atoms with Crippen molar-refractivity contribution in [3.63, 3.8) is 0 Å². The number of rotatable bonds is 6. The summed E-state index contributed by atoms with van der Waals surface area (Å²) in [5.41, 5.74) is 0.296. The summed E-state index contributed by atoms with van der Waals surface area (Å²) < 4.78 is 3.14. The minimum Gasteiger partial charge on any atom is -0.395 e. The minimum absolute atomic E-state index is 0.0881. The summed E-state index contributed by atoms with van der Waals surface area (Å²) in [5, 5.41) is 20.9. The Morgan fingerprint density at radius 3 is 3.11 bits per heavy atom. The monoisotopic (exact) mass is 385 g/mol. The largest absolute Gasteiger partial charge is 0.395 e. The van der Waals surface area contributed by atoms with Crippen LogP contribution in [0.2, 0.25) is 0 Å². The van der Waals surface area contributed by atoms with Crippen molar-refractivity contribution < 1.29 is 9.90 Å². The molecule has 0 unspecified atom stereocenters. The van der Waals surface area contributed by atoms with E-state index in [1.165, 1.54) is 15.0 Å².